The van der Waals surface area contributed by atoms with E-state index >= 15 is 0 Å². The zero-order chi connectivity index (χ0) is 14.5. The molecule has 0 aromatic heterocycles. The maximum atomic E-state index is 12.0. The van der Waals surface area contributed by atoms with E-state index in [0.717, 1.165) is 16.7 Å². The summed E-state index contributed by atoms with van der Waals surface area (Å²) in [6.07, 6.45) is 0.416. The summed E-state index contributed by atoms with van der Waals surface area (Å²) in [5.74, 6) is 0.0342. The van der Waals surface area contributed by atoms with Crippen LogP contribution in [0.1, 0.15) is 22.3 Å². The highest BCUT2D eigenvalue weighted by Gasteiger charge is 2.06. The Bertz CT molecular complexity index is 605. The smallest absolute Gasteiger partial charge is 0.224 e. The molecule has 0 heterocycles. The minimum Gasteiger partial charge on any atom is -0.352 e. The molecule has 0 fully saturated rings. The Morgan fingerprint density at radius 2 is 1.80 bits per heavy atom. The van der Waals surface area contributed by atoms with E-state index in [1.807, 2.05) is 43.3 Å². The molecule has 0 spiro atoms. The minimum absolute atomic E-state index is 0.0342. The van der Waals surface area contributed by atoms with Crippen molar-refractivity contribution in [1.82, 2.24) is 5.32 Å². The standard InChI is InChI=1S/C17H18ClNO/c1-12-3-6-15(13(2)9-12)10-17(20)19-11-14-4-7-16(18)8-5-14/h3-9H,10-11H2,1-2H3,(H,19,20). The number of hydrogen-bond acceptors (Lipinski definition) is 1. The molecular weight excluding hydrogens is 270 g/mol. The van der Waals surface area contributed by atoms with Gasteiger partial charge < -0.3 is 5.32 Å². The van der Waals surface area contributed by atoms with Gasteiger partial charge in [0.05, 0.1) is 6.42 Å². The summed E-state index contributed by atoms with van der Waals surface area (Å²) >= 11 is 5.82. The Hall–Kier alpha value is -1.80. The third-order valence-electron chi connectivity index (χ3n) is 3.25. The van der Waals surface area contributed by atoms with Crippen molar-refractivity contribution >= 4 is 17.5 Å². The van der Waals surface area contributed by atoms with Crippen molar-refractivity contribution < 1.29 is 4.79 Å². The molecule has 0 atom stereocenters. The molecule has 0 bridgehead atoms. The van der Waals surface area contributed by atoms with Crippen LogP contribution in [0.3, 0.4) is 0 Å². The number of carbonyl (C=O) groups excluding carboxylic acids is 1. The summed E-state index contributed by atoms with van der Waals surface area (Å²) < 4.78 is 0. The third-order valence-corrected chi connectivity index (χ3v) is 3.50. The predicted octanol–water partition coefficient (Wildman–Crippen LogP) is 3.82. The second-order valence-electron chi connectivity index (χ2n) is 5.01. The van der Waals surface area contributed by atoms with Gasteiger partial charge in [-0.25, -0.2) is 0 Å². The lowest BCUT2D eigenvalue weighted by Gasteiger charge is -2.08. The number of carbonyl (C=O) groups is 1. The summed E-state index contributed by atoms with van der Waals surface area (Å²) in [4.78, 5) is 12.0. The molecule has 0 saturated heterocycles. The van der Waals surface area contributed by atoms with Crippen LogP contribution in [-0.2, 0) is 17.8 Å². The molecule has 2 aromatic rings. The van der Waals surface area contributed by atoms with Crippen LogP contribution in [0.2, 0.25) is 5.02 Å². The maximum Gasteiger partial charge on any atom is 0.224 e. The van der Waals surface area contributed by atoms with Gasteiger partial charge in [-0.1, -0.05) is 47.5 Å². The predicted molar refractivity (Wildman–Crippen MR) is 82.9 cm³/mol. The van der Waals surface area contributed by atoms with Gasteiger partial charge in [0.2, 0.25) is 5.91 Å². The molecule has 0 aliphatic heterocycles. The van der Waals surface area contributed by atoms with Gasteiger partial charge >= 0.3 is 0 Å². The van der Waals surface area contributed by atoms with Crippen LogP contribution in [0.4, 0.5) is 0 Å². The van der Waals surface area contributed by atoms with Crippen molar-refractivity contribution in [2.45, 2.75) is 26.8 Å². The van der Waals surface area contributed by atoms with Crippen LogP contribution in [0, 0.1) is 13.8 Å². The van der Waals surface area contributed by atoms with Crippen molar-refractivity contribution in [2.75, 3.05) is 0 Å². The fourth-order valence-corrected chi connectivity index (χ4v) is 2.21. The summed E-state index contributed by atoms with van der Waals surface area (Å²) in [6, 6.07) is 13.6. The second kappa shape index (κ2) is 6.58. The monoisotopic (exact) mass is 287 g/mol. The molecule has 1 N–H and O–H groups in total. The van der Waals surface area contributed by atoms with E-state index < -0.39 is 0 Å². The van der Waals surface area contributed by atoms with Gasteiger partial charge in [0.1, 0.15) is 0 Å². The van der Waals surface area contributed by atoms with Gasteiger partial charge in [-0.15, -0.1) is 0 Å². The molecule has 104 valence electrons. The molecule has 2 rings (SSSR count). The first-order valence-corrected chi connectivity index (χ1v) is 6.99. The van der Waals surface area contributed by atoms with Crippen LogP contribution in [-0.4, -0.2) is 5.91 Å². The lowest BCUT2D eigenvalue weighted by molar-refractivity contribution is -0.120. The highest BCUT2D eigenvalue weighted by atomic mass is 35.5. The molecule has 20 heavy (non-hydrogen) atoms. The van der Waals surface area contributed by atoms with Crippen LogP contribution in [0.15, 0.2) is 42.5 Å². The highest BCUT2D eigenvalue weighted by Crippen LogP contribution is 2.12. The number of nitrogens with one attached hydrogen (secondary N) is 1. The third kappa shape index (κ3) is 4.10. The quantitative estimate of drug-likeness (QED) is 0.910. The van der Waals surface area contributed by atoms with E-state index in [1.54, 1.807) is 0 Å². The molecule has 0 aliphatic rings. The fraction of sp³-hybridized carbons (Fsp3) is 0.235. The summed E-state index contributed by atoms with van der Waals surface area (Å²) in [5.41, 5.74) is 4.49. The molecule has 2 aromatic carbocycles. The topological polar surface area (TPSA) is 29.1 Å². The Kier molecular flexibility index (Phi) is 4.80. The average Bonchev–Trinajstić information content (AvgIpc) is 2.41. The molecule has 3 heteroatoms. The average molecular weight is 288 g/mol. The van der Waals surface area contributed by atoms with Gasteiger partial charge in [0.15, 0.2) is 0 Å². The van der Waals surface area contributed by atoms with E-state index in [9.17, 15) is 4.79 Å². The van der Waals surface area contributed by atoms with E-state index in [4.69, 9.17) is 11.6 Å². The zero-order valence-electron chi connectivity index (χ0n) is 11.7. The lowest BCUT2D eigenvalue weighted by atomic mass is 10.0. The highest BCUT2D eigenvalue weighted by molar-refractivity contribution is 6.30. The van der Waals surface area contributed by atoms with Crippen LogP contribution < -0.4 is 5.32 Å². The number of amides is 1. The zero-order valence-corrected chi connectivity index (χ0v) is 12.5. The molecular formula is C17H18ClNO. The van der Waals surface area contributed by atoms with Gasteiger partial charge in [-0.3, -0.25) is 4.79 Å². The first kappa shape index (κ1) is 14.6. The van der Waals surface area contributed by atoms with Gasteiger partial charge in [-0.05, 0) is 42.7 Å². The first-order valence-electron chi connectivity index (χ1n) is 6.62. The Morgan fingerprint density at radius 3 is 2.45 bits per heavy atom. The largest absolute Gasteiger partial charge is 0.352 e. The Morgan fingerprint density at radius 1 is 1.10 bits per heavy atom. The van der Waals surface area contributed by atoms with Crippen LogP contribution >= 0.6 is 11.6 Å². The van der Waals surface area contributed by atoms with E-state index in [0.29, 0.717) is 18.0 Å². The fourth-order valence-electron chi connectivity index (χ4n) is 2.08. The van der Waals surface area contributed by atoms with Crippen molar-refractivity contribution in [3.63, 3.8) is 0 Å². The molecule has 0 radical (unpaired) electrons. The molecule has 0 unspecified atom stereocenters. The van der Waals surface area contributed by atoms with Gasteiger partial charge in [-0.2, -0.15) is 0 Å². The maximum absolute atomic E-state index is 12.0. The van der Waals surface area contributed by atoms with Crippen molar-refractivity contribution in [3.05, 3.63) is 69.7 Å². The first-order chi connectivity index (χ1) is 9.54. The SMILES string of the molecule is Cc1ccc(CC(=O)NCc2ccc(Cl)cc2)c(C)c1. The number of hydrogen-bond donors (Lipinski definition) is 1. The molecule has 0 aliphatic carbocycles. The van der Waals surface area contributed by atoms with Crippen molar-refractivity contribution in [1.29, 1.82) is 0 Å². The van der Waals surface area contributed by atoms with Crippen LogP contribution in [0.25, 0.3) is 0 Å². The number of aryl methyl sites for hydroxylation is 2. The molecule has 0 saturated carbocycles. The molecule has 2 nitrogen and oxygen atoms in total. The van der Waals surface area contributed by atoms with E-state index in [1.165, 1.54) is 5.56 Å². The Labute approximate surface area is 124 Å². The number of benzene rings is 2. The van der Waals surface area contributed by atoms with Gasteiger partial charge in [0, 0.05) is 11.6 Å². The molecule has 1 amide bonds. The number of rotatable bonds is 4. The lowest BCUT2D eigenvalue weighted by Crippen LogP contribution is -2.24. The summed E-state index contributed by atoms with van der Waals surface area (Å²) in [6.45, 7) is 4.62. The van der Waals surface area contributed by atoms with Crippen molar-refractivity contribution in [3.8, 4) is 0 Å². The van der Waals surface area contributed by atoms with Crippen LogP contribution in [0.5, 0.6) is 0 Å². The van der Waals surface area contributed by atoms with E-state index in [2.05, 4.69) is 18.3 Å². The Balaban J connectivity index is 1.90. The summed E-state index contributed by atoms with van der Waals surface area (Å²) in [5, 5.41) is 3.63. The van der Waals surface area contributed by atoms with Gasteiger partial charge in [0.25, 0.3) is 0 Å². The minimum atomic E-state index is 0.0342. The second-order valence-corrected chi connectivity index (χ2v) is 5.45. The van der Waals surface area contributed by atoms with Crippen molar-refractivity contribution in [2.24, 2.45) is 0 Å². The normalized spacial score (nSPS) is 10.3. The summed E-state index contributed by atoms with van der Waals surface area (Å²) in [7, 11) is 0. The number of halogens is 1. The van der Waals surface area contributed by atoms with E-state index in [-0.39, 0.29) is 5.91 Å².